The van der Waals surface area contributed by atoms with E-state index in [1.54, 1.807) is 32.9 Å². The van der Waals surface area contributed by atoms with Crippen LogP contribution in [0.2, 0.25) is 5.02 Å². The number of nitrogens with zero attached hydrogens (tertiary/aromatic N) is 1. The Morgan fingerprint density at radius 2 is 1.69 bits per heavy atom. The smallest absolute Gasteiger partial charge is 0.444 e. The SMILES string of the molecule is CC(C)C[C@@H](CN(Cc1ccc(Cl)cc1)C(=O)C(F)(F)F)NC(=O)OC(C)(C)C. The molecule has 0 aliphatic heterocycles. The molecule has 164 valence electrons. The number of alkyl carbamates (subject to hydrolysis) is 1. The van der Waals surface area contributed by atoms with Crippen LogP contribution in [0.4, 0.5) is 18.0 Å². The Bertz CT molecular complexity index is 686. The average molecular weight is 437 g/mol. The number of amides is 2. The number of carbonyl (C=O) groups is 2. The van der Waals surface area contributed by atoms with Gasteiger partial charge in [0.2, 0.25) is 0 Å². The molecule has 1 aromatic carbocycles. The fraction of sp³-hybridized carbons (Fsp3) is 0.600. The van der Waals surface area contributed by atoms with Gasteiger partial charge in [0.05, 0.1) is 6.04 Å². The van der Waals surface area contributed by atoms with Crippen LogP contribution in [-0.4, -0.2) is 41.3 Å². The van der Waals surface area contributed by atoms with Crippen molar-refractivity contribution < 1.29 is 27.5 Å². The summed E-state index contributed by atoms with van der Waals surface area (Å²) in [5.41, 5.74) is -0.260. The summed E-state index contributed by atoms with van der Waals surface area (Å²) in [6.07, 6.45) is -5.39. The highest BCUT2D eigenvalue weighted by molar-refractivity contribution is 6.30. The number of halogens is 4. The molecule has 0 fully saturated rings. The lowest BCUT2D eigenvalue weighted by molar-refractivity contribution is -0.186. The van der Waals surface area contributed by atoms with Crippen molar-refractivity contribution in [1.82, 2.24) is 10.2 Å². The lowest BCUT2D eigenvalue weighted by Gasteiger charge is -2.30. The molecular formula is C20H28ClF3N2O3. The molecule has 0 aliphatic rings. The van der Waals surface area contributed by atoms with Gasteiger partial charge in [-0.3, -0.25) is 4.79 Å². The number of ether oxygens (including phenoxy) is 1. The lowest BCUT2D eigenvalue weighted by atomic mass is 10.0. The first-order valence-corrected chi connectivity index (χ1v) is 9.65. The van der Waals surface area contributed by atoms with Crippen molar-refractivity contribution >= 4 is 23.6 Å². The summed E-state index contributed by atoms with van der Waals surface area (Å²) < 4.78 is 44.6. The molecule has 0 bridgehead atoms. The van der Waals surface area contributed by atoms with Gasteiger partial charge in [0.15, 0.2) is 0 Å². The highest BCUT2D eigenvalue weighted by Gasteiger charge is 2.43. The van der Waals surface area contributed by atoms with Crippen LogP contribution < -0.4 is 5.32 Å². The van der Waals surface area contributed by atoms with Gasteiger partial charge in [-0.05, 0) is 50.8 Å². The van der Waals surface area contributed by atoms with Crippen molar-refractivity contribution in [3.63, 3.8) is 0 Å². The van der Waals surface area contributed by atoms with Gasteiger partial charge < -0.3 is 15.0 Å². The van der Waals surface area contributed by atoms with E-state index in [9.17, 15) is 22.8 Å². The van der Waals surface area contributed by atoms with E-state index in [0.29, 0.717) is 21.9 Å². The second kappa shape index (κ2) is 10.2. The normalized spacial score (nSPS) is 13.2. The molecule has 0 radical (unpaired) electrons. The molecule has 0 aliphatic carbocycles. The van der Waals surface area contributed by atoms with Crippen LogP contribution in [0.5, 0.6) is 0 Å². The van der Waals surface area contributed by atoms with Crippen molar-refractivity contribution in [3.8, 4) is 0 Å². The molecule has 2 amide bonds. The number of benzene rings is 1. The highest BCUT2D eigenvalue weighted by Crippen LogP contribution is 2.22. The van der Waals surface area contributed by atoms with E-state index in [1.807, 2.05) is 13.8 Å². The number of alkyl halides is 3. The van der Waals surface area contributed by atoms with Crippen molar-refractivity contribution in [3.05, 3.63) is 34.9 Å². The van der Waals surface area contributed by atoms with Gasteiger partial charge in [-0.15, -0.1) is 0 Å². The van der Waals surface area contributed by atoms with E-state index >= 15 is 0 Å². The fourth-order valence-electron chi connectivity index (χ4n) is 2.70. The Labute approximate surface area is 174 Å². The Morgan fingerprint density at radius 3 is 2.14 bits per heavy atom. The molecule has 0 saturated heterocycles. The Balaban J connectivity index is 3.04. The zero-order chi connectivity index (χ0) is 22.4. The molecule has 1 N–H and O–H groups in total. The summed E-state index contributed by atoms with van der Waals surface area (Å²) in [6, 6.07) is 5.48. The number of nitrogens with one attached hydrogen (secondary N) is 1. The van der Waals surface area contributed by atoms with Crippen LogP contribution >= 0.6 is 11.6 Å². The van der Waals surface area contributed by atoms with E-state index in [1.165, 1.54) is 12.1 Å². The minimum atomic E-state index is -5.03. The van der Waals surface area contributed by atoms with Gasteiger partial charge in [0.25, 0.3) is 0 Å². The Kier molecular flexibility index (Phi) is 8.81. The third-order valence-corrected chi connectivity index (χ3v) is 3.99. The maximum Gasteiger partial charge on any atom is 0.471 e. The summed E-state index contributed by atoms with van der Waals surface area (Å²) in [7, 11) is 0. The average Bonchev–Trinajstić information content (AvgIpc) is 2.52. The van der Waals surface area contributed by atoms with Gasteiger partial charge in [0, 0.05) is 18.1 Å². The summed E-state index contributed by atoms with van der Waals surface area (Å²) in [5, 5.41) is 3.03. The Hall–Kier alpha value is -1.96. The van der Waals surface area contributed by atoms with Crippen LogP contribution in [0, 0.1) is 5.92 Å². The quantitative estimate of drug-likeness (QED) is 0.641. The maximum atomic E-state index is 13.1. The fourth-order valence-corrected chi connectivity index (χ4v) is 2.82. The van der Waals surface area contributed by atoms with Crippen LogP contribution in [0.25, 0.3) is 0 Å². The van der Waals surface area contributed by atoms with Crippen LogP contribution in [0.3, 0.4) is 0 Å². The third kappa shape index (κ3) is 9.87. The first-order chi connectivity index (χ1) is 13.2. The zero-order valence-electron chi connectivity index (χ0n) is 17.3. The summed E-state index contributed by atoms with van der Waals surface area (Å²) >= 11 is 5.81. The standard InChI is InChI=1S/C20H28ClF3N2O3/c1-13(2)10-16(25-18(28)29-19(3,4)5)12-26(17(27)20(22,23)24)11-14-6-8-15(21)9-7-14/h6-9,13,16H,10-12H2,1-5H3,(H,25,28)/t16-/m0/s1. The number of hydrogen-bond acceptors (Lipinski definition) is 3. The first kappa shape index (κ1) is 25.1. The van der Waals surface area contributed by atoms with Gasteiger partial charge in [-0.2, -0.15) is 13.2 Å². The maximum absolute atomic E-state index is 13.1. The van der Waals surface area contributed by atoms with Gasteiger partial charge in [-0.25, -0.2) is 4.79 Å². The topological polar surface area (TPSA) is 58.6 Å². The van der Waals surface area contributed by atoms with E-state index < -0.39 is 29.8 Å². The van der Waals surface area contributed by atoms with Crippen LogP contribution in [0.15, 0.2) is 24.3 Å². The van der Waals surface area contributed by atoms with Crippen molar-refractivity contribution in [2.24, 2.45) is 5.92 Å². The second-order valence-electron chi connectivity index (χ2n) is 8.28. The molecule has 1 atom stereocenters. The van der Waals surface area contributed by atoms with Gasteiger partial charge in [-0.1, -0.05) is 37.6 Å². The highest BCUT2D eigenvalue weighted by atomic mass is 35.5. The molecular weight excluding hydrogens is 409 g/mol. The minimum Gasteiger partial charge on any atom is -0.444 e. The minimum absolute atomic E-state index is 0.0771. The second-order valence-corrected chi connectivity index (χ2v) is 8.72. The Morgan fingerprint density at radius 1 is 1.14 bits per heavy atom. The molecule has 29 heavy (non-hydrogen) atoms. The number of carbonyl (C=O) groups excluding carboxylic acids is 2. The van der Waals surface area contributed by atoms with Crippen LogP contribution in [-0.2, 0) is 16.1 Å². The zero-order valence-corrected chi connectivity index (χ0v) is 18.0. The molecule has 1 rings (SSSR count). The summed E-state index contributed by atoms with van der Waals surface area (Å²) in [5.74, 6) is -1.89. The monoisotopic (exact) mass is 436 g/mol. The predicted octanol–water partition coefficient (Wildman–Crippen LogP) is 5.17. The molecule has 5 nitrogen and oxygen atoms in total. The van der Waals surface area contributed by atoms with Crippen molar-refractivity contribution in [2.75, 3.05) is 6.54 Å². The first-order valence-electron chi connectivity index (χ1n) is 9.27. The van der Waals surface area contributed by atoms with Crippen LogP contribution in [0.1, 0.15) is 46.6 Å². The van der Waals surface area contributed by atoms with E-state index in [2.05, 4.69) is 5.32 Å². The van der Waals surface area contributed by atoms with E-state index in [-0.39, 0.29) is 19.0 Å². The predicted molar refractivity (Wildman–Crippen MR) is 106 cm³/mol. The largest absolute Gasteiger partial charge is 0.471 e. The lowest BCUT2D eigenvalue weighted by Crippen LogP contribution is -2.50. The van der Waals surface area contributed by atoms with E-state index in [4.69, 9.17) is 16.3 Å². The number of hydrogen-bond donors (Lipinski definition) is 1. The van der Waals surface area contributed by atoms with Gasteiger partial charge >= 0.3 is 18.2 Å². The van der Waals surface area contributed by atoms with Crippen molar-refractivity contribution in [2.45, 2.75) is 65.4 Å². The molecule has 0 unspecified atom stereocenters. The number of rotatable bonds is 7. The molecule has 0 saturated carbocycles. The van der Waals surface area contributed by atoms with Crippen molar-refractivity contribution in [1.29, 1.82) is 0 Å². The molecule has 9 heteroatoms. The molecule has 1 aromatic rings. The van der Waals surface area contributed by atoms with E-state index in [0.717, 1.165) is 0 Å². The summed E-state index contributed by atoms with van der Waals surface area (Å²) in [4.78, 5) is 24.8. The molecule has 0 heterocycles. The third-order valence-electron chi connectivity index (χ3n) is 3.73. The summed E-state index contributed by atoms with van der Waals surface area (Å²) in [6.45, 7) is 8.23. The molecule has 0 spiro atoms. The van der Waals surface area contributed by atoms with Gasteiger partial charge in [0.1, 0.15) is 5.60 Å². The molecule has 0 aromatic heterocycles.